The summed E-state index contributed by atoms with van der Waals surface area (Å²) in [7, 11) is 1.63. The number of carbonyl (C=O) groups excluding carboxylic acids is 1. The largest absolute Gasteiger partial charge is 0.497 e. The van der Waals surface area contributed by atoms with Crippen LogP contribution in [-0.2, 0) is 9.53 Å². The van der Waals surface area contributed by atoms with Crippen molar-refractivity contribution in [1.82, 2.24) is 0 Å². The molecule has 0 radical (unpaired) electrons. The second kappa shape index (κ2) is 7.88. The molecular weight excluding hydrogens is 268 g/mol. The van der Waals surface area contributed by atoms with E-state index >= 15 is 0 Å². The molecule has 0 bridgehead atoms. The van der Waals surface area contributed by atoms with E-state index in [0.29, 0.717) is 13.1 Å². The molecule has 118 valence electrons. The summed E-state index contributed by atoms with van der Waals surface area (Å²) in [6.07, 6.45) is 0.814. The van der Waals surface area contributed by atoms with E-state index < -0.39 is 5.60 Å². The van der Waals surface area contributed by atoms with Gasteiger partial charge in [0.15, 0.2) is 0 Å². The molecular formula is C16H26N2O3. The molecule has 0 aliphatic carbocycles. The molecule has 0 saturated carbocycles. The van der Waals surface area contributed by atoms with E-state index in [4.69, 9.17) is 15.2 Å². The van der Waals surface area contributed by atoms with Crippen LogP contribution in [0.2, 0.25) is 0 Å². The summed E-state index contributed by atoms with van der Waals surface area (Å²) >= 11 is 0. The molecule has 0 atom stereocenters. The van der Waals surface area contributed by atoms with Crippen LogP contribution in [0.4, 0.5) is 5.69 Å². The molecule has 1 rings (SSSR count). The quantitative estimate of drug-likeness (QED) is 0.781. The number of nitrogens with zero attached hydrogens (tertiary/aromatic N) is 1. The van der Waals surface area contributed by atoms with E-state index in [1.165, 1.54) is 0 Å². The summed E-state index contributed by atoms with van der Waals surface area (Å²) < 4.78 is 10.5. The highest BCUT2D eigenvalue weighted by atomic mass is 16.6. The number of benzene rings is 1. The van der Waals surface area contributed by atoms with Gasteiger partial charge in [-0.25, -0.2) is 0 Å². The van der Waals surface area contributed by atoms with Gasteiger partial charge in [0.25, 0.3) is 0 Å². The number of hydrogen-bond donors (Lipinski definition) is 1. The zero-order chi connectivity index (χ0) is 15.9. The minimum atomic E-state index is -0.476. The Bertz CT molecular complexity index is 438. The maximum atomic E-state index is 12.0. The van der Waals surface area contributed by atoms with E-state index in [2.05, 4.69) is 0 Å². The minimum Gasteiger partial charge on any atom is -0.497 e. The minimum absolute atomic E-state index is 0.212. The van der Waals surface area contributed by atoms with Crippen molar-refractivity contribution >= 4 is 11.7 Å². The summed E-state index contributed by atoms with van der Waals surface area (Å²) in [5.74, 6) is 0.546. The van der Waals surface area contributed by atoms with Crippen molar-refractivity contribution in [2.75, 3.05) is 31.6 Å². The van der Waals surface area contributed by atoms with Gasteiger partial charge in [0, 0.05) is 12.2 Å². The van der Waals surface area contributed by atoms with Crippen LogP contribution < -0.4 is 15.4 Å². The van der Waals surface area contributed by atoms with Crippen LogP contribution in [0.1, 0.15) is 27.2 Å². The average molecular weight is 294 g/mol. The van der Waals surface area contributed by atoms with Gasteiger partial charge in [-0.1, -0.05) is 0 Å². The number of nitrogens with two attached hydrogens (primary N) is 1. The van der Waals surface area contributed by atoms with Crippen molar-refractivity contribution < 1.29 is 14.3 Å². The molecule has 0 aliphatic rings. The van der Waals surface area contributed by atoms with Gasteiger partial charge in [0.1, 0.15) is 17.9 Å². The lowest BCUT2D eigenvalue weighted by Gasteiger charge is -2.26. The van der Waals surface area contributed by atoms with E-state index in [9.17, 15) is 4.79 Å². The smallest absolute Gasteiger partial charge is 0.326 e. The second-order valence-corrected chi connectivity index (χ2v) is 5.85. The second-order valence-electron chi connectivity index (χ2n) is 5.85. The first-order valence-corrected chi connectivity index (χ1v) is 7.16. The van der Waals surface area contributed by atoms with E-state index in [1.54, 1.807) is 7.11 Å². The number of hydrogen-bond acceptors (Lipinski definition) is 5. The SMILES string of the molecule is COc1ccc(N(CCCN)CC(=O)OC(C)(C)C)cc1. The van der Waals surface area contributed by atoms with Gasteiger partial charge in [-0.2, -0.15) is 0 Å². The molecule has 0 saturated heterocycles. The predicted octanol–water partition coefficient (Wildman–Crippen LogP) is 2.19. The lowest BCUT2D eigenvalue weighted by Crippen LogP contribution is -2.36. The van der Waals surface area contributed by atoms with Crippen LogP contribution in [0, 0.1) is 0 Å². The molecule has 1 aromatic carbocycles. The fraction of sp³-hybridized carbons (Fsp3) is 0.562. The monoisotopic (exact) mass is 294 g/mol. The number of esters is 1. The Hall–Kier alpha value is -1.75. The third-order valence-corrected chi connectivity index (χ3v) is 2.81. The Kier molecular flexibility index (Phi) is 6.49. The van der Waals surface area contributed by atoms with Crippen LogP contribution in [0.25, 0.3) is 0 Å². The van der Waals surface area contributed by atoms with Gasteiger partial charge >= 0.3 is 5.97 Å². The number of ether oxygens (including phenoxy) is 2. The zero-order valence-corrected chi connectivity index (χ0v) is 13.4. The highest BCUT2D eigenvalue weighted by Gasteiger charge is 2.19. The Labute approximate surface area is 127 Å². The van der Waals surface area contributed by atoms with Crippen LogP contribution in [0.5, 0.6) is 5.75 Å². The Morgan fingerprint density at radius 1 is 1.24 bits per heavy atom. The predicted molar refractivity (Wildman–Crippen MR) is 84.7 cm³/mol. The number of anilines is 1. The molecule has 5 nitrogen and oxygen atoms in total. The van der Waals surface area contributed by atoms with Gasteiger partial charge in [0.2, 0.25) is 0 Å². The van der Waals surface area contributed by atoms with Crippen molar-refractivity contribution in [1.29, 1.82) is 0 Å². The van der Waals surface area contributed by atoms with Gasteiger partial charge in [-0.15, -0.1) is 0 Å². The lowest BCUT2D eigenvalue weighted by atomic mass is 10.2. The first-order valence-electron chi connectivity index (χ1n) is 7.16. The third-order valence-electron chi connectivity index (χ3n) is 2.81. The van der Waals surface area contributed by atoms with Gasteiger partial charge in [-0.3, -0.25) is 4.79 Å². The summed E-state index contributed by atoms with van der Waals surface area (Å²) in [5.41, 5.74) is 6.05. The van der Waals surface area contributed by atoms with Gasteiger partial charge in [-0.05, 0) is 58.0 Å². The van der Waals surface area contributed by atoms with Crippen molar-refractivity contribution in [3.05, 3.63) is 24.3 Å². The first kappa shape index (κ1) is 17.3. The van der Waals surface area contributed by atoms with Crippen molar-refractivity contribution in [3.8, 4) is 5.75 Å². The Morgan fingerprint density at radius 2 is 1.86 bits per heavy atom. The van der Waals surface area contributed by atoms with Crippen molar-refractivity contribution in [2.45, 2.75) is 32.8 Å². The van der Waals surface area contributed by atoms with Gasteiger partial charge < -0.3 is 20.1 Å². The molecule has 1 aromatic rings. The van der Waals surface area contributed by atoms with Crippen molar-refractivity contribution in [3.63, 3.8) is 0 Å². The summed E-state index contributed by atoms with van der Waals surface area (Å²) in [6.45, 7) is 7.10. The van der Waals surface area contributed by atoms with Crippen LogP contribution in [0.3, 0.4) is 0 Å². The Morgan fingerprint density at radius 3 is 2.33 bits per heavy atom. The first-order chi connectivity index (χ1) is 9.85. The van der Waals surface area contributed by atoms with E-state index in [1.807, 2.05) is 49.9 Å². The maximum absolute atomic E-state index is 12.0. The number of methoxy groups -OCH3 is 1. The van der Waals surface area contributed by atoms with E-state index in [0.717, 1.165) is 17.9 Å². The normalized spacial score (nSPS) is 11.1. The molecule has 0 spiro atoms. The molecule has 0 heterocycles. The summed E-state index contributed by atoms with van der Waals surface area (Å²) in [5, 5.41) is 0. The molecule has 0 aliphatic heterocycles. The van der Waals surface area contributed by atoms with Crippen molar-refractivity contribution in [2.24, 2.45) is 5.73 Å². The van der Waals surface area contributed by atoms with Gasteiger partial charge in [0.05, 0.1) is 7.11 Å². The molecule has 2 N–H and O–H groups in total. The molecule has 21 heavy (non-hydrogen) atoms. The fourth-order valence-electron chi connectivity index (χ4n) is 1.90. The zero-order valence-electron chi connectivity index (χ0n) is 13.4. The third kappa shape index (κ3) is 6.49. The summed E-state index contributed by atoms with van der Waals surface area (Å²) in [4.78, 5) is 14.0. The lowest BCUT2D eigenvalue weighted by molar-refractivity contribution is -0.153. The molecule has 0 fully saturated rings. The maximum Gasteiger partial charge on any atom is 0.326 e. The standard InChI is InChI=1S/C16H26N2O3/c1-16(2,3)21-15(19)12-18(11-5-10-17)13-6-8-14(20-4)9-7-13/h6-9H,5,10-12,17H2,1-4H3. The highest BCUT2D eigenvalue weighted by Crippen LogP contribution is 2.20. The van der Waals surface area contributed by atoms with Crippen LogP contribution >= 0.6 is 0 Å². The number of rotatable bonds is 7. The summed E-state index contributed by atoms with van der Waals surface area (Å²) in [6, 6.07) is 7.61. The molecule has 5 heteroatoms. The Balaban J connectivity index is 2.76. The molecule has 0 amide bonds. The highest BCUT2D eigenvalue weighted by molar-refractivity contribution is 5.76. The molecule has 0 unspecified atom stereocenters. The molecule has 0 aromatic heterocycles. The number of carbonyl (C=O) groups is 1. The fourth-order valence-corrected chi connectivity index (χ4v) is 1.90. The van der Waals surface area contributed by atoms with Crippen LogP contribution in [-0.4, -0.2) is 38.3 Å². The van der Waals surface area contributed by atoms with Crippen LogP contribution in [0.15, 0.2) is 24.3 Å². The van der Waals surface area contributed by atoms with E-state index in [-0.39, 0.29) is 12.5 Å². The topological polar surface area (TPSA) is 64.8 Å². The average Bonchev–Trinajstić information content (AvgIpc) is 2.41.